The summed E-state index contributed by atoms with van der Waals surface area (Å²) in [4.78, 5) is 25.2. The van der Waals surface area contributed by atoms with Crippen molar-refractivity contribution in [1.82, 2.24) is 9.97 Å². The summed E-state index contributed by atoms with van der Waals surface area (Å²) in [6.07, 6.45) is 6.95. The highest BCUT2D eigenvalue weighted by Crippen LogP contribution is 2.37. The van der Waals surface area contributed by atoms with Gasteiger partial charge in [-0.2, -0.15) is 0 Å². The molecule has 0 bridgehead atoms. The highest BCUT2D eigenvalue weighted by atomic mass is 32.1. The number of Topliss-reactive ketones (excluding diaryl/α,β-unsaturated/α-hetero) is 1. The highest BCUT2D eigenvalue weighted by Gasteiger charge is 2.35. The van der Waals surface area contributed by atoms with E-state index in [4.69, 9.17) is 4.98 Å². The fraction of sp³-hybridized carbons (Fsp3) is 0.400. The van der Waals surface area contributed by atoms with Crippen LogP contribution in [-0.2, 0) is 6.42 Å². The van der Waals surface area contributed by atoms with E-state index in [0.29, 0.717) is 0 Å². The van der Waals surface area contributed by atoms with Crippen molar-refractivity contribution < 1.29 is 9.18 Å². The molecule has 5 rings (SSSR count). The Hall–Kier alpha value is -2.60. The predicted molar refractivity (Wildman–Crippen MR) is 123 cm³/mol. The fourth-order valence-corrected chi connectivity index (χ4v) is 5.38. The van der Waals surface area contributed by atoms with Crippen molar-refractivity contribution >= 4 is 22.8 Å². The number of fused-ring (bicyclic) bond motifs is 1. The number of aryl methyl sites for hydroxylation is 1. The van der Waals surface area contributed by atoms with Crippen molar-refractivity contribution in [2.75, 3.05) is 18.0 Å². The van der Waals surface area contributed by atoms with Gasteiger partial charge in [0.25, 0.3) is 0 Å². The molecule has 0 atom stereocenters. The molecule has 2 aromatic heterocycles. The molecule has 160 valence electrons. The zero-order chi connectivity index (χ0) is 21.6. The first-order chi connectivity index (χ1) is 14.9. The molecule has 3 heterocycles. The Kier molecular flexibility index (Phi) is 5.13. The Bertz CT molecular complexity index is 1150. The predicted octanol–water partition coefficient (Wildman–Crippen LogP) is 6.16. The number of carbonyl (C=O) groups excluding carboxylic acids is 1. The largest absolute Gasteiger partial charge is 0.371 e. The van der Waals surface area contributed by atoms with Crippen molar-refractivity contribution in [3.8, 4) is 21.1 Å². The molecule has 1 aliphatic heterocycles. The first-order valence-corrected chi connectivity index (χ1v) is 11.8. The molecule has 1 saturated heterocycles. The number of piperidine rings is 1. The van der Waals surface area contributed by atoms with Gasteiger partial charge in [-0.3, -0.25) is 4.79 Å². The Morgan fingerprint density at radius 3 is 2.71 bits per heavy atom. The molecule has 4 nitrogen and oxygen atoms in total. The lowest BCUT2D eigenvalue weighted by Gasteiger charge is -2.29. The van der Waals surface area contributed by atoms with E-state index in [0.717, 1.165) is 76.9 Å². The second-order valence-corrected chi connectivity index (χ2v) is 10.2. The number of thiazole rings is 1. The maximum atomic E-state index is 14.4. The van der Waals surface area contributed by atoms with Crippen LogP contribution in [0, 0.1) is 11.2 Å². The maximum absolute atomic E-state index is 14.4. The molecule has 0 N–H and O–H groups in total. The van der Waals surface area contributed by atoms with Crippen LogP contribution in [0.4, 0.5) is 10.1 Å². The number of nitrogens with zero attached hydrogens (tertiary/aromatic N) is 3. The van der Waals surface area contributed by atoms with Crippen LogP contribution in [0.25, 0.3) is 21.1 Å². The number of rotatable bonds is 3. The van der Waals surface area contributed by atoms with Gasteiger partial charge in [-0.05, 0) is 68.0 Å². The second-order valence-electron chi connectivity index (χ2n) is 9.18. The molecular formula is C25H26FN3OS. The summed E-state index contributed by atoms with van der Waals surface area (Å²) in [6.45, 7) is 5.95. The third-order valence-electron chi connectivity index (χ3n) is 6.43. The molecule has 0 saturated carbocycles. The molecule has 1 aromatic carbocycles. The Balaban J connectivity index is 1.45. The summed E-state index contributed by atoms with van der Waals surface area (Å²) in [5, 5.41) is 0.791. The lowest BCUT2D eigenvalue weighted by atomic mass is 9.75. The quantitative estimate of drug-likeness (QED) is 0.494. The Morgan fingerprint density at radius 1 is 1.10 bits per heavy atom. The summed E-state index contributed by atoms with van der Waals surface area (Å²) < 4.78 is 14.4. The van der Waals surface area contributed by atoms with Crippen LogP contribution in [0.3, 0.4) is 0 Å². The highest BCUT2D eigenvalue weighted by molar-refractivity contribution is 7.18. The van der Waals surface area contributed by atoms with Crippen molar-refractivity contribution in [2.45, 2.75) is 46.0 Å². The van der Waals surface area contributed by atoms with Crippen molar-refractivity contribution in [1.29, 1.82) is 0 Å². The SMILES string of the molecule is CC1(C)CCc2nc(-c3ncc(-c4cc(F)cc(N5CCCCC5)c4)s3)ccc2C1=O. The molecule has 0 amide bonds. The second kappa shape index (κ2) is 7.83. The first kappa shape index (κ1) is 20.3. The van der Waals surface area contributed by atoms with Crippen molar-refractivity contribution in [3.63, 3.8) is 0 Å². The maximum Gasteiger partial charge on any atom is 0.170 e. The zero-order valence-corrected chi connectivity index (χ0v) is 18.8. The number of benzene rings is 1. The van der Waals surface area contributed by atoms with E-state index >= 15 is 0 Å². The zero-order valence-electron chi connectivity index (χ0n) is 17.9. The van der Waals surface area contributed by atoms with Crippen LogP contribution in [-0.4, -0.2) is 28.8 Å². The number of halogens is 1. The number of hydrogen-bond donors (Lipinski definition) is 0. The van der Waals surface area contributed by atoms with Crippen LogP contribution >= 0.6 is 11.3 Å². The third-order valence-corrected chi connectivity index (χ3v) is 7.50. The average Bonchev–Trinajstić information content (AvgIpc) is 3.27. The molecule has 1 fully saturated rings. The standard InChI is InChI=1S/C25H26FN3OS/c1-25(2)9-8-20-19(23(25)30)6-7-21(28-20)24-27-15-22(31-24)16-12-17(26)14-18(13-16)29-10-4-3-5-11-29/h6-7,12-15H,3-5,8-11H2,1-2H3. The van der Waals surface area contributed by atoms with Gasteiger partial charge in [0.1, 0.15) is 10.8 Å². The molecule has 6 heteroatoms. The van der Waals surface area contributed by atoms with Crippen molar-refractivity contribution in [2.24, 2.45) is 5.41 Å². The average molecular weight is 436 g/mol. The molecule has 0 spiro atoms. The molecular weight excluding hydrogens is 409 g/mol. The van der Waals surface area contributed by atoms with Crippen LogP contribution in [0.2, 0.25) is 0 Å². The number of ketones is 1. The smallest absolute Gasteiger partial charge is 0.170 e. The van der Waals surface area contributed by atoms with E-state index < -0.39 is 0 Å². The fourth-order valence-electron chi connectivity index (χ4n) is 4.50. The van der Waals surface area contributed by atoms with Gasteiger partial charge in [-0.25, -0.2) is 14.4 Å². The lowest BCUT2D eigenvalue weighted by Crippen LogP contribution is -2.31. The minimum absolute atomic E-state index is 0.164. The van der Waals surface area contributed by atoms with Gasteiger partial charge in [0.2, 0.25) is 0 Å². The molecule has 31 heavy (non-hydrogen) atoms. The minimum atomic E-state index is -0.325. The molecule has 1 aliphatic carbocycles. The molecule has 2 aliphatic rings. The third kappa shape index (κ3) is 3.89. The van der Waals surface area contributed by atoms with Gasteiger partial charge in [0.05, 0.1) is 16.3 Å². The normalized spacial score (nSPS) is 18.2. The first-order valence-electron chi connectivity index (χ1n) is 11.0. The summed E-state index contributed by atoms with van der Waals surface area (Å²) >= 11 is 1.51. The van der Waals surface area contributed by atoms with Gasteiger partial charge >= 0.3 is 0 Å². The van der Waals surface area contributed by atoms with Gasteiger partial charge < -0.3 is 4.90 Å². The van der Waals surface area contributed by atoms with Gasteiger partial charge in [-0.15, -0.1) is 11.3 Å². The van der Waals surface area contributed by atoms with Crippen LogP contribution < -0.4 is 4.90 Å². The van der Waals surface area contributed by atoms with Crippen LogP contribution in [0.5, 0.6) is 0 Å². The van der Waals surface area contributed by atoms with E-state index in [1.54, 1.807) is 18.3 Å². The number of carbonyl (C=O) groups is 1. The number of anilines is 1. The van der Waals surface area contributed by atoms with Gasteiger partial charge in [-0.1, -0.05) is 13.8 Å². The molecule has 0 radical (unpaired) electrons. The number of aromatic nitrogens is 2. The Morgan fingerprint density at radius 2 is 1.90 bits per heavy atom. The summed E-state index contributed by atoms with van der Waals surface area (Å²) in [7, 11) is 0. The van der Waals surface area contributed by atoms with E-state index in [1.807, 2.05) is 26.0 Å². The minimum Gasteiger partial charge on any atom is -0.371 e. The van der Waals surface area contributed by atoms with Crippen LogP contribution in [0.15, 0.2) is 36.5 Å². The monoisotopic (exact) mass is 435 g/mol. The molecule has 3 aromatic rings. The topological polar surface area (TPSA) is 46.1 Å². The van der Waals surface area contributed by atoms with Gasteiger partial charge in [0.15, 0.2) is 5.78 Å². The summed E-state index contributed by atoms with van der Waals surface area (Å²) in [6, 6.07) is 9.03. The summed E-state index contributed by atoms with van der Waals surface area (Å²) in [5.74, 6) is -0.0568. The lowest BCUT2D eigenvalue weighted by molar-refractivity contribution is 0.0809. The van der Waals surface area contributed by atoms with Crippen LogP contribution in [0.1, 0.15) is 55.6 Å². The number of hydrogen-bond acceptors (Lipinski definition) is 5. The van der Waals surface area contributed by atoms with Gasteiger partial charge in [0, 0.05) is 36.0 Å². The van der Waals surface area contributed by atoms with E-state index in [2.05, 4.69) is 16.0 Å². The van der Waals surface area contributed by atoms with Crippen molar-refractivity contribution in [3.05, 3.63) is 53.6 Å². The number of pyridine rings is 1. The van der Waals surface area contributed by atoms with E-state index in [9.17, 15) is 9.18 Å². The van der Waals surface area contributed by atoms with E-state index in [1.165, 1.54) is 17.8 Å². The van der Waals surface area contributed by atoms with E-state index in [-0.39, 0.29) is 17.0 Å². The Labute approximate surface area is 186 Å². The molecule has 0 unspecified atom stereocenters. The summed E-state index contributed by atoms with van der Waals surface area (Å²) in [5.41, 5.74) is 3.82.